The second-order valence-corrected chi connectivity index (χ2v) is 7.08. The molecule has 24 heavy (non-hydrogen) atoms. The maximum absolute atomic E-state index is 12.5. The number of thioether (sulfide) groups is 1. The number of amides is 1. The Labute approximate surface area is 151 Å². The van der Waals surface area contributed by atoms with E-state index in [-0.39, 0.29) is 5.91 Å². The van der Waals surface area contributed by atoms with Gasteiger partial charge in [0.1, 0.15) is 0 Å². The number of hydrogen-bond acceptors (Lipinski definition) is 3. The maximum atomic E-state index is 12.5. The van der Waals surface area contributed by atoms with Gasteiger partial charge in [0, 0.05) is 12.1 Å². The second-order valence-electron chi connectivity index (χ2n) is 5.66. The number of nitrogens with zero attached hydrogens (tertiary/aromatic N) is 2. The number of benzene rings is 2. The molecule has 3 nitrogen and oxygen atoms in total. The molecule has 0 saturated carbocycles. The summed E-state index contributed by atoms with van der Waals surface area (Å²) in [6.45, 7) is 4.12. The summed E-state index contributed by atoms with van der Waals surface area (Å²) in [4.78, 5) is 19.3. The molecule has 1 amide bonds. The van der Waals surface area contributed by atoms with Crippen LogP contribution in [0.5, 0.6) is 0 Å². The van der Waals surface area contributed by atoms with E-state index in [2.05, 4.69) is 18.8 Å². The van der Waals surface area contributed by atoms with Crippen LogP contribution < -0.4 is 0 Å². The van der Waals surface area contributed by atoms with Crippen LogP contribution in [0.1, 0.15) is 16.7 Å². The molecule has 0 unspecified atom stereocenters. The van der Waals surface area contributed by atoms with Gasteiger partial charge in [-0.1, -0.05) is 35.9 Å². The minimum atomic E-state index is -0.0671. The number of amidine groups is 1. The van der Waals surface area contributed by atoms with Crippen molar-refractivity contribution in [2.24, 2.45) is 4.99 Å². The van der Waals surface area contributed by atoms with Crippen LogP contribution in [0.3, 0.4) is 0 Å². The van der Waals surface area contributed by atoms with Crippen LogP contribution in [0, 0.1) is 13.8 Å². The number of halogens is 1. The van der Waals surface area contributed by atoms with Gasteiger partial charge < -0.3 is 0 Å². The Balaban J connectivity index is 1.93. The Bertz CT molecular complexity index is 873. The third kappa shape index (κ3) is 3.40. The van der Waals surface area contributed by atoms with Crippen LogP contribution in [-0.4, -0.2) is 23.0 Å². The molecule has 0 aliphatic carbocycles. The molecule has 2 aromatic rings. The van der Waals surface area contributed by atoms with Gasteiger partial charge in [-0.05, 0) is 66.6 Å². The van der Waals surface area contributed by atoms with E-state index in [0.717, 1.165) is 11.3 Å². The summed E-state index contributed by atoms with van der Waals surface area (Å²) in [6.07, 6.45) is 1.81. The average Bonchev–Trinajstić information content (AvgIpc) is 2.81. The number of aryl methyl sites for hydroxylation is 2. The number of carbonyl (C=O) groups excluding carboxylic acids is 1. The molecule has 0 bridgehead atoms. The van der Waals surface area contributed by atoms with Crippen molar-refractivity contribution in [1.82, 2.24) is 4.90 Å². The summed E-state index contributed by atoms with van der Waals surface area (Å²) >= 11 is 7.54. The van der Waals surface area contributed by atoms with Gasteiger partial charge in [0.2, 0.25) is 0 Å². The molecule has 1 aliphatic heterocycles. The van der Waals surface area contributed by atoms with Gasteiger partial charge in [-0.2, -0.15) is 0 Å². The quantitative estimate of drug-likeness (QED) is 0.693. The van der Waals surface area contributed by atoms with Gasteiger partial charge in [0.25, 0.3) is 5.91 Å². The fraction of sp³-hybridized carbons (Fsp3) is 0.158. The van der Waals surface area contributed by atoms with Gasteiger partial charge in [0.05, 0.1) is 10.6 Å². The number of carbonyl (C=O) groups is 1. The van der Waals surface area contributed by atoms with Crippen molar-refractivity contribution in [3.63, 3.8) is 0 Å². The molecule has 1 aliphatic rings. The summed E-state index contributed by atoms with van der Waals surface area (Å²) in [7, 11) is 1.74. The van der Waals surface area contributed by atoms with Gasteiger partial charge >= 0.3 is 0 Å². The highest BCUT2D eigenvalue weighted by Crippen LogP contribution is 2.34. The molecule has 0 spiro atoms. The summed E-state index contributed by atoms with van der Waals surface area (Å²) in [5.74, 6) is -0.0671. The van der Waals surface area contributed by atoms with E-state index in [1.807, 2.05) is 48.5 Å². The predicted octanol–water partition coefficient (Wildman–Crippen LogP) is 5.19. The zero-order valence-electron chi connectivity index (χ0n) is 13.7. The Hall–Kier alpha value is -2.04. The number of aliphatic imine (C=N–C) groups is 1. The summed E-state index contributed by atoms with van der Waals surface area (Å²) in [5, 5.41) is 1.29. The number of rotatable bonds is 2. The SMILES string of the molecule is Cc1ccc(N=C2S/C(=C/c3ccccc3Cl)C(=O)N2C)cc1C. The molecule has 1 heterocycles. The minimum absolute atomic E-state index is 0.0671. The smallest absolute Gasteiger partial charge is 0.266 e. The highest BCUT2D eigenvalue weighted by atomic mass is 35.5. The Morgan fingerprint density at radius 3 is 2.58 bits per heavy atom. The fourth-order valence-electron chi connectivity index (χ4n) is 2.29. The first-order chi connectivity index (χ1) is 11.5. The summed E-state index contributed by atoms with van der Waals surface area (Å²) in [6, 6.07) is 13.5. The van der Waals surface area contributed by atoms with Gasteiger partial charge in [-0.25, -0.2) is 4.99 Å². The van der Waals surface area contributed by atoms with Crippen molar-refractivity contribution < 1.29 is 4.79 Å². The van der Waals surface area contributed by atoms with Crippen LogP contribution >= 0.6 is 23.4 Å². The molecule has 2 aromatic carbocycles. The fourth-order valence-corrected chi connectivity index (χ4v) is 3.46. The lowest BCUT2D eigenvalue weighted by atomic mass is 10.1. The van der Waals surface area contributed by atoms with Gasteiger partial charge in [0.15, 0.2) is 5.17 Å². The maximum Gasteiger partial charge on any atom is 0.266 e. The van der Waals surface area contributed by atoms with Crippen molar-refractivity contribution in [2.45, 2.75) is 13.8 Å². The lowest BCUT2D eigenvalue weighted by molar-refractivity contribution is -0.121. The molecular formula is C19H17ClN2OS. The predicted molar refractivity (Wildman–Crippen MR) is 103 cm³/mol. The minimum Gasteiger partial charge on any atom is -0.290 e. The van der Waals surface area contributed by atoms with E-state index in [1.54, 1.807) is 11.9 Å². The molecule has 3 rings (SSSR count). The van der Waals surface area contributed by atoms with Crippen LogP contribution in [-0.2, 0) is 4.79 Å². The normalized spacial score (nSPS) is 18.0. The Morgan fingerprint density at radius 1 is 1.12 bits per heavy atom. The van der Waals surface area contributed by atoms with Crippen molar-refractivity contribution in [3.8, 4) is 0 Å². The van der Waals surface area contributed by atoms with E-state index < -0.39 is 0 Å². The lowest BCUT2D eigenvalue weighted by Gasteiger charge is -2.08. The number of likely N-dealkylation sites (N-methyl/N-ethyl adjacent to an activating group) is 1. The van der Waals surface area contributed by atoms with E-state index in [1.165, 1.54) is 22.9 Å². The van der Waals surface area contributed by atoms with E-state index in [9.17, 15) is 4.79 Å². The average molecular weight is 357 g/mol. The Morgan fingerprint density at radius 2 is 1.88 bits per heavy atom. The molecule has 0 aromatic heterocycles. The van der Waals surface area contributed by atoms with Crippen molar-refractivity contribution >= 4 is 46.2 Å². The molecule has 1 saturated heterocycles. The third-order valence-electron chi connectivity index (χ3n) is 3.91. The van der Waals surface area contributed by atoms with Crippen molar-refractivity contribution in [3.05, 3.63) is 69.1 Å². The van der Waals surface area contributed by atoms with Crippen molar-refractivity contribution in [2.75, 3.05) is 7.05 Å². The lowest BCUT2D eigenvalue weighted by Crippen LogP contribution is -2.23. The van der Waals surface area contributed by atoms with Crippen LogP contribution in [0.4, 0.5) is 5.69 Å². The van der Waals surface area contributed by atoms with Crippen LogP contribution in [0.15, 0.2) is 52.4 Å². The van der Waals surface area contributed by atoms with Crippen molar-refractivity contribution in [1.29, 1.82) is 0 Å². The van der Waals surface area contributed by atoms with Gasteiger partial charge in [-0.15, -0.1) is 0 Å². The van der Waals surface area contributed by atoms with Crippen LogP contribution in [0.2, 0.25) is 5.02 Å². The third-order valence-corrected chi connectivity index (χ3v) is 5.31. The highest BCUT2D eigenvalue weighted by Gasteiger charge is 2.30. The van der Waals surface area contributed by atoms with E-state index in [4.69, 9.17) is 11.6 Å². The monoisotopic (exact) mass is 356 g/mol. The van der Waals surface area contributed by atoms with Crippen LogP contribution in [0.25, 0.3) is 6.08 Å². The largest absolute Gasteiger partial charge is 0.290 e. The summed E-state index contributed by atoms with van der Waals surface area (Å²) < 4.78 is 0. The Kier molecular flexibility index (Phi) is 4.78. The zero-order chi connectivity index (χ0) is 17.3. The second kappa shape index (κ2) is 6.83. The first-order valence-corrected chi connectivity index (χ1v) is 8.73. The molecular weight excluding hydrogens is 340 g/mol. The molecule has 0 N–H and O–H groups in total. The topological polar surface area (TPSA) is 32.7 Å². The first kappa shape index (κ1) is 16.8. The molecule has 122 valence electrons. The summed E-state index contributed by atoms with van der Waals surface area (Å²) in [5.41, 5.74) is 4.08. The standard InChI is InChI=1S/C19H17ClN2OS/c1-12-8-9-15(10-13(12)2)21-19-22(3)18(23)17(24-19)11-14-6-4-5-7-16(14)20/h4-11H,1-3H3/b17-11+,21-19?. The van der Waals surface area contributed by atoms with Gasteiger partial charge in [-0.3, -0.25) is 9.69 Å². The molecule has 0 atom stereocenters. The number of hydrogen-bond donors (Lipinski definition) is 0. The zero-order valence-corrected chi connectivity index (χ0v) is 15.3. The first-order valence-electron chi connectivity index (χ1n) is 7.54. The molecule has 0 radical (unpaired) electrons. The highest BCUT2D eigenvalue weighted by molar-refractivity contribution is 8.18. The van der Waals surface area contributed by atoms with E-state index >= 15 is 0 Å². The molecule has 5 heteroatoms. The van der Waals surface area contributed by atoms with E-state index in [0.29, 0.717) is 15.1 Å². The molecule has 1 fully saturated rings.